The Morgan fingerprint density at radius 1 is 1.43 bits per heavy atom. The lowest BCUT2D eigenvalue weighted by Gasteiger charge is -2.15. The van der Waals surface area contributed by atoms with Gasteiger partial charge in [0.1, 0.15) is 0 Å². The van der Waals surface area contributed by atoms with Crippen molar-refractivity contribution >= 4 is 18.0 Å². The number of rotatable bonds is 7. The molecule has 0 aliphatic rings. The molecule has 0 fully saturated rings. The second kappa shape index (κ2) is 8.21. The van der Waals surface area contributed by atoms with Crippen LogP contribution in [0.4, 0.5) is 0 Å². The van der Waals surface area contributed by atoms with E-state index in [1.165, 1.54) is 6.08 Å². The average Bonchev–Trinajstić information content (AvgIpc) is 2.43. The lowest BCUT2D eigenvalue weighted by Crippen LogP contribution is -2.36. The predicted octanol–water partition coefficient (Wildman–Crippen LogP) is 2.25. The number of benzene rings is 1. The van der Waals surface area contributed by atoms with Gasteiger partial charge in [0.05, 0.1) is 6.61 Å². The number of hydrogen-bond donors (Lipinski definition) is 2. The molecule has 1 aromatic carbocycles. The Balaban J connectivity index is 2.85. The fourth-order valence-electron chi connectivity index (χ4n) is 1.88. The molecule has 0 spiro atoms. The normalized spacial score (nSPS) is 12.3. The highest BCUT2D eigenvalue weighted by atomic mass is 16.5. The summed E-state index contributed by atoms with van der Waals surface area (Å²) in [5, 5.41) is 11.5. The molecule has 5 nitrogen and oxygen atoms in total. The maximum atomic E-state index is 12.2. The van der Waals surface area contributed by atoms with E-state index in [2.05, 4.69) is 5.32 Å². The van der Waals surface area contributed by atoms with Gasteiger partial charge in [-0.05, 0) is 44.0 Å². The van der Waals surface area contributed by atoms with Crippen molar-refractivity contribution in [2.75, 3.05) is 13.2 Å². The van der Waals surface area contributed by atoms with Crippen LogP contribution in [0.1, 0.15) is 35.3 Å². The van der Waals surface area contributed by atoms with Gasteiger partial charge in [0.2, 0.25) is 0 Å². The third-order valence-corrected chi connectivity index (χ3v) is 2.98. The van der Waals surface area contributed by atoms with Crippen molar-refractivity contribution in [3.63, 3.8) is 0 Å². The molecule has 1 amide bonds. The predicted molar refractivity (Wildman–Crippen MR) is 81.3 cm³/mol. The van der Waals surface area contributed by atoms with E-state index in [9.17, 15) is 9.59 Å². The molecule has 0 aliphatic carbocycles. The van der Waals surface area contributed by atoms with Crippen LogP contribution in [0, 0.1) is 6.92 Å². The number of ether oxygens (including phenoxy) is 1. The van der Waals surface area contributed by atoms with Gasteiger partial charge in [0, 0.05) is 24.3 Å². The topological polar surface area (TPSA) is 75.6 Å². The first-order valence-corrected chi connectivity index (χ1v) is 6.85. The number of amides is 1. The summed E-state index contributed by atoms with van der Waals surface area (Å²) in [6.45, 7) is 6.63. The van der Waals surface area contributed by atoms with Crippen LogP contribution in [-0.4, -0.2) is 36.2 Å². The molecule has 0 bridgehead atoms. The van der Waals surface area contributed by atoms with Gasteiger partial charge in [-0.15, -0.1) is 0 Å². The van der Waals surface area contributed by atoms with Crippen LogP contribution >= 0.6 is 0 Å². The summed E-state index contributed by atoms with van der Waals surface area (Å²) in [6, 6.07) is 5.14. The number of nitrogens with one attached hydrogen (secondary N) is 1. The van der Waals surface area contributed by atoms with Gasteiger partial charge in [-0.3, -0.25) is 4.79 Å². The van der Waals surface area contributed by atoms with E-state index < -0.39 is 5.97 Å². The number of carbonyl (C=O) groups excluding carboxylic acids is 1. The smallest absolute Gasteiger partial charge is 0.328 e. The Kier molecular flexibility index (Phi) is 6.62. The first-order chi connectivity index (χ1) is 9.95. The molecular formula is C16H21NO4. The van der Waals surface area contributed by atoms with Gasteiger partial charge in [-0.25, -0.2) is 4.79 Å². The van der Waals surface area contributed by atoms with E-state index in [1.54, 1.807) is 25.1 Å². The highest BCUT2D eigenvalue weighted by molar-refractivity contribution is 5.97. The minimum Gasteiger partial charge on any atom is -0.478 e. The van der Waals surface area contributed by atoms with Crippen LogP contribution in [0.25, 0.3) is 6.08 Å². The standard InChI is InChI=1S/C16H21NO4/c1-4-21-10-11(2)17-16(20)14-7-5-6-13(12(14)3)8-9-15(18)19/h5-9,11H,4,10H2,1-3H3,(H,17,20)(H,18,19). The summed E-state index contributed by atoms with van der Waals surface area (Å²) >= 11 is 0. The summed E-state index contributed by atoms with van der Waals surface area (Å²) < 4.78 is 5.26. The molecule has 0 saturated heterocycles. The van der Waals surface area contributed by atoms with Crippen LogP contribution < -0.4 is 5.32 Å². The molecular weight excluding hydrogens is 270 g/mol. The number of carboxylic acid groups (broad SMARTS) is 1. The minimum absolute atomic E-state index is 0.0879. The molecule has 21 heavy (non-hydrogen) atoms. The average molecular weight is 291 g/mol. The second-order valence-corrected chi connectivity index (χ2v) is 4.73. The largest absolute Gasteiger partial charge is 0.478 e. The summed E-state index contributed by atoms with van der Waals surface area (Å²) in [6.07, 6.45) is 2.54. The number of carboxylic acids is 1. The maximum absolute atomic E-state index is 12.2. The zero-order valence-electron chi connectivity index (χ0n) is 12.6. The summed E-state index contributed by atoms with van der Waals surface area (Å²) in [5.74, 6) is -1.21. The summed E-state index contributed by atoms with van der Waals surface area (Å²) in [5.41, 5.74) is 1.99. The van der Waals surface area contributed by atoms with Gasteiger partial charge in [0.25, 0.3) is 5.91 Å². The molecule has 1 unspecified atom stereocenters. The van der Waals surface area contributed by atoms with E-state index in [-0.39, 0.29) is 11.9 Å². The van der Waals surface area contributed by atoms with Crippen molar-refractivity contribution in [3.8, 4) is 0 Å². The lowest BCUT2D eigenvalue weighted by molar-refractivity contribution is -0.131. The summed E-state index contributed by atoms with van der Waals surface area (Å²) in [7, 11) is 0. The molecule has 0 radical (unpaired) electrons. The molecule has 0 heterocycles. The third-order valence-electron chi connectivity index (χ3n) is 2.98. The molecule has 2 N–H and O–H groups in total. The van der Waals surface area contributed by atoms with Gasteiger partial charge in [-0.2, -0.15) is 0 Å². The van der Waals surface area contributed by atoms with Gasteiger partial charge in [0.15, 0.2) is 0 Å². The molecule has 5 heteroatoms. The van der Waals surface area contributed by atoms with Crippen LogP contribution in [0.15, 0.2) is 24.3 Å². The lowest BCUT2D eigenvalue weighted by atomic mass is 10.0. The zero-order valence-corrected chi connectivity index (χ0v) is 12.6. The van der Waals surface area contributed by atoms with E-state index in [0.29, 0.717) is 24.3 Å². The summed E-state index contributed by atoms with van der Waals surface area (Å²) in [4.78, 5) is 22.8. The quantitative estimate of drug-likeness (QED) is 0.755. The Morgan fingerprint density at radius 3 is 2.76 bits per heavy atom. The van der Waals surface area contributed by atoms with Crippen molar-refractivity contribution < 1.29 is 19.4 Å². The van der Waals surface area contributed by atoms with Gasteiger partial charge in [-0.1, -0.05) is 12.1 Å². The Hall–Kier alpha value is -2.14. The first kappa shape index (κ1) is 16.9. The highest BCUT2D eigenvalue weighted by Gasteiger charge is 2.13. The molecule has 0 aliphatic heterocycles. The molecule has 1 aromatic rings. The molecule has 1 rings (SSSR count). The number of hydrogen-bond acceptors (Lipinski definition) is 3. The van der Waals surface area contributed by atoms with E-state index in [1.807, 2.05) is 13.8 Å². The first-order valence-electron chi connectivity index (χ1n) is 6.85. The van der Waals surface area contributed by atoms with Crippen LogP contribution in [-0.2, 0) is 9.53 Å². The third kappa shape index (κ3) is 5.39. The fraction of sp³-hybridized carbons (Fsp3) is 0.375. The Morgan fingerprint density at radius 2 is 2.14 bits per heavy atom. The van der Waals surface area contributed by atoms with E-state index in [0.717, 1.165) is 11.6 Å². The van der Waals surface area contributed by atoms with Crippen LogP contribution in [0.3, 0.4) is 0 Å². The molecule has 114 valence electrons. The SMILES string of the molecule is CCOCC(C)NC(=O)c1cccc(C=CC(=O)O)c1C. The van der Waals surface area contributed by atoms with Gasteiger partial charge >= 0.3 is 5.97 Å². The zero-order chi connectivity index (χ0) is 15.8. The second-order valence-electron chi connectivity index (χ2n) is 4.73. The van der Waals surface area contributed by atoms with Crippen molar-refractivity contribution in [2.45, 2.75) is 26.8 Å². The monoisotopic (exact) mass is 291 g/mol. The van der Waals surface area contributed by atoms with Crippen LogP contribution in [0.5, 0.6) is 0 Å². The van der Waals surface area contributed by atoms with E-state index >= 15 is 0 Å². The number of carbonyl (C=O) groups is 2. The van der Waals surface area contributed by atoms with Crippen molar-refractivity contribution in [2.24, 2.45) is 0 Å². The molecule has 0 saturated carbocycles. The number of aliphatic carboxylic acids is 1. The Bertz CT molecular complexity index is 537. The van der Waals surface area contributed by atoms with Crippen molar-refractivity contribution in [3.05, 3.63) is 41.0 Å². The molecule has 1 atom stereocenters. The molecule has 0 aromatic heterocycles. The van der Waals surface area contributed by atoms with Crippen LogP contribution in [0.2, 0.25) is 0 Å². The van der Waals surface area contributed by atoms with Crippen molar-refractivity contribution in [1.29, 1.82) is 0 Å². The van der Waals surface area contributed by atoms with E-state index in [4.69, 9.17) is 9.84 Å². The van der Waals surface area contributed by atoms with Crippen molar-refractivity contribution in [1.82, 2.24) is 5.32 Å². The minimum atomic E-state index is -1.02. The van der Waals surface area contributed by atoms with Gasteiger partial charge < -0.3 is 15.2 Å². The highest BCUT2D eigenvalue weighted by Crippen LogP contribution is 2.15. The fourth-order valence-corrected chi connectivity index (χ4v) is 1.88. The maximum Gasteiger partial charge on any atom is 0.328 e. The Labute approximate surface area is 124 Å².